The molecule has 3 rings (SSSR count). The first kappa shape index (κ1) is 22.9. The molecule has 1 aliphatic heterocycles. The summed E-state index contributed by atoms with van der Waals surface area (Å²) in [5.74, 6) is -0.00250. The van der Waals surface area contributed by atoms with Crippen LogP contribution in [0.4, 0.5) is 10.7 Å². The summed E-state index contributed by atoms with van der Waals surface area (Å²) in [7, 11) is 0. The van der Waals surface area contributed by atoms with Gasteiger partial charge >= 0.3 is 6.09 Å². The van der Waals surface area contributed by atoms with Crippen molar-refractivity contribution >= 4 is 23.4 Å². The highest BCUT2D eigenvalue weighted by molar-refractivity contribution is 7.09. The highest BCUT2D eigenvalue weighted by atomic mass is 32.1. The molecule has 9 nitrogen and oxygen atoms in total. The average Bonchev–Trinajstić information content (AvgIpc) is 3.18. The van der Waals surface area contributed by atoms with E-state index in [1.54, 1.807) is 12.3 Å². The van der Waals surface area contributed by atoms with Crippen LogP contribution in [0, 0.1) is 11.3 Å². The van der Waals surface area contributed by atoms with E-state index in [-0.39, 0.29) is 6.04 Å². The largest absolute Gasteiger partial charge is 0.443 e. The number of rotatable bonds is 6. The number of thiazole rings is 1. The fourth-order valence-corrected chi connectivity index (χ4v) is 4.17. The van der Waals surface area contributed by atoms with Crippen LogP contribution in [0.15, 0.2) is 17.6 Å². The molecule has 31 heavy (non-hydrogen) atoms. The number of piperidine rings is 1. The van der Waals surface area contributed by atoms with Crippen molar-refractivity contribution in [1.29, 1.82) is 5.26 Å². The molecule has 3 heterocycles. The number of aromatic nitrogens is 3. The smallest absolute Gasteiger partial charge is 0.422 e. The summed E-state index contributed by atoms with van der Waals surface area (Å²) in [5, 5.41) is 17.6. The molecule has 0 aromatic carbocycles. The minimum absolute atomic E-state index is 0.180. The number of hydrogen-bond donors (Lipinski definition) is 2. The number of ether oxygens (including phenoxy) is 1. The van der Waals surface area contributed by atoms with E-state index in [1.165, 1.54) is 11.3 Å². The van der Waals surface area contributed by atoms with E-state index in [1.807, 2.05) is 38.1 Å². The Morgan fingerprint density at radius 3 is 2.74 bits per heavy atom. The molecule has 166 valence electrons. The second kappa shape index (κ2) is 10.0. The lowest BCUT2D eigenvalue weighted by Gasteiger charge is -2.33. The monoisotopic (exact) mass is 443 g/mol. The molecular weight excluding hydrogens is 414 g/mol. The Kier molecular flexibility index (Phi) is 7.41. The van der Waals surface area contributed by atoms with Crippen molar-refractivity contribution in [3.8, 4) is 6.07 Å². The third-order valence-electron chi connectivity index (χ3n) is 4.76. The molecule has 1 unspecified atom stereocenters. The Labute approximate surface area is 186 Å². The average molecular weight is 444 g/mol. The molecule has 0 aliphatic carbocycles. The summed E-state index contributed by atoms with van der Waals surface area (Å²) >= 11 is 1.49. The van der Waals surface area contributed by atoms with Gasteiger partial charge < -0.3 is 10.1 Å². The van der Waals surface area contributed by atoms with Crippen LogP contribution in [0.3, 0.4) is 0 Å². The fourth-order valence-electron chi connectivity index (χ4n) is 3.22. The normalized spacial score (nSPS) is 16.4. The standard InChI is InChI=1S/C21H29N7O2S/c1-5-14-13-31-18(24-14)16(12-22)17-6-9-23-19(26-17)25-15-7-10-28(11-8-15)27-20(29)30-21(2,3)4/h6,9,13,15-16H,5,7-8,10-11H2,1-4H3,(H,27,29)(H,23,25,26). The molecule has 1 amide bonds. The van der Waals surface area contributed by atoms with Crippen LogP contribution in [0.25, 0.3) is 0 Å². The number of amides is 1. The summed E-state index contributed by atoms with van der Waals surface area (Å²) in [5.41, 5.74) is 3.89. The summed E-state index contributed by atoms with van der Waals surface area (Å²) in [6, 6.07) is 4.26. The minimum atomic E-state index is -0.523. The van der Waals surface area contributed by atoms with Gasteiger partial charge in [0.15, 0.2) is 0 Å². The Morgan fingerprint density at radius 2 is 2.13 bits per heavy atom. The number of hydrogen-bond acceptors (Lipinski definition) is 9. The third-order valence-corrected chi connectivity index (χ3v) is 5.72. The van der Waals surface area contributed by atoms with Gasteiger partial charge in [0, 0.05) is 30.7 Å². The van der Waals surface area contributed by atoms with Crippen molar-refractivity contribution in [1.82, 2.24) is 25.4 Å². The molecule has 1 aliphatic rings. The van der Waals surface area contributed by atoms with Crippen LogP contribution in [0.1, 0.15) is 62.8 Å². The van der Waals surface area contributed by atoms with Gasteiger partial charge in [-0.2, -0.15) is 5.26 Å². The second-order valence-electron chi connectivity index (χ2n) is 8.42. The predicted molar refractivity (Wildman–Crippen MR) is 119 cm³/mol. The van der Waals surface area contributed by atoms with E-state index in [0.717, 1.165) is 30.0 Å². The van der Waals surface area contributed by atoms with Crippen molar-refractivity contribution in [3.05, 3.63) is 34.0 Å². The first-order valence-corrected chi connectivity index (χ1v) is 11.3. The lowest BCUT2D eigenvalue weighted by molar-refractivity contribution is 0.0291. The number of aryl methyl sites for hydroxylation is 1. The van der Waals surface area contributed by atoms with Gasteiger partial charge in [-0.05, 0) is 46.1 Å². The van der Waals surface area contributed by atoms with Crippen LogP contribution in [-0.4, -0.2) is 50.8 Å². The summed E-state index contributed by atoms with van der Waals surface area (Å²) in [4.78, 5) is 25.4. The topological polar surface area (TPSA) is 116 Å². The Hall–Kier alpha value is -2.77. The number of nitrogens with zero attached hydrogens (tertiary/aromatic N) is 5. The minimum Gasteiger partial charge on any atom is -0.443 e. The maximum atomic E-state index is 11.9. The molecule has 2 aromatic rings. The molecule has 1 fully saturated rings. The van der Waals surface area contributed by atoms with Crippen LogP contribution in [-0.2, 0) is 11.2 Å². The number of nitrogens with one attached hydrogen (secondary N) is 2. The number of carbonyl (C=O) groups excluding carboxylic acids is 1. The molecule has 0 bridgehead atoms. The SMILES string of the molecule is CCc1csc(C(C#N)c2ccnc(NC3CCN(NC(=O)OC(C)(C)C)CC3)n2)n1. The molecular formula is C21H29N7O2S. The van der Waals surface area contributed by atoms with Crippen molar-refractivity contribution in [2.24, 2.45) is 0 Å². The van der Waals surface area contributed by atoms with E-state index in [4.69, 9.17) is 4.74 Å². The van der Waals surface area contributed by atoms with Crippen LogP contribution in [0.2, 0.25) is 0 Å². The zero-order chi connectivity index (χ0) is 22.4. The van der Waals surface area contributed by atoms with Gasteiger partial charge in [-0.1, -0.05) is 6.92 Å². The molecule has 2 aromatic heterocycles. The zero-order valence-corrected chi connectivity index (χ0v) is 19.2. The lowest BCUT2D eigenvalue weighted by atomic mass is 10.1. The van der Waals surface area contributed by atoms with Gasteiger partial charge in [0.2, 0.25) is 5.95 Å². The van der Waals surface area contributed by atoms with Crippen molar-refractivity contribution in [2.75, 3.05) is 18.4 Å². The predicted octanol–water partition coefficient (Wildman–Crippen LogP) is 3.47. The molecule has 2 N–H and O–H groups in total. The highest BCUT2D eigenvalue weighted by Gasteiger charge is 2.24. The second-order valence-corrected chi connectivity index (χ2v) is 9.31. The number of anilines is 1. The van der Waals surface area contributed by atoms with Crippen LogP contribution < -0.4 is 10.7 Å². The van der Waals surface area contributed by atoms with Crippen molar-refractivity contribution in [2.45, 2.75) is 64.5 Å². The number of hydrazine groups is 1. The zero-order valence-electron chi connectivity index (χ0n) is 18.4. The maximum absolute atomic E-state index is 11.9. The maximum Gasteiger partial charge on any atom is 0.422 e. The third kappa shape index (κ3) is 6.60. The Bertz CT molecular complexity index is 926. The quantitative estimate of drug-likeness (QED) is 0.697. The number of carbonyl (C=O) groups is 1. The van der Waals surface area contributed by atoms with E-state index in [0.29, 0.717) is 24.7 Å². The molecule has 1 atom stereocenters. The molecule has 1 saturated heterocycles. The molecule has 0 radical (unpaired) electrons. The first-order valence-electron chi connectivity index (χ1n) is 10.5. The van der Waals surface area contributed by atoms with Crippen molar-refractivity contribution in [3.63, 3.8) is 0 Å². The van der Waals surface area contributed by atoms with E-state index in [9.17, 15) is 10.1 Å². The molecule has 0 spiro atoms. The Balaban J connectivity index is 1.56. The summed E-state index contributed by atoms with van der Waals surface area (Å²) in [6.45, 7) is 8.94. The van der Waals surface area contributed by atoms with E-state index < -0.39 is 17.6 Å². The number of nitriles is 1. The van der Waals surface area contributed by atoms with Gasteiger partial charge in [-0.25, -0.2) is 24.8 Å². The van der Waals surface area contributed by atoms with Gasteiger partial charge in [-0.3, -0.25) is 5.43 Å². The molecule has 10 heteroatoms. The van der Waals surface area contributed by atoms with Gasteiger partial charge in [0.05, 0.1) is 17.5 Å². The highest BCUT2D eigenvalue weighted by Crippen LogP contribution is 2.26. The van der Waals surface area contributed by atoms with Crippen LogP contribution >= 0.6 is 11.3 Å². The first-order chi connectivity index (χ1) is 14.8. The van der Waals surface area contributed by atoms with E-state index in [2.05, 4.69) is 31.8 Å². The molecule has 0 saturated carbocycles. The Morgan fingerprint density at radius 1 is 1.39 bits per heavy atom. The van der Waals surface area contributed by atoms with Gasteiger partial charge in [0.25, 0.3) is 0 Å². The fraction of sp³-hybridized carbons (Fsp3) is 0.571. The summed E-state index contributed by atoms with van der Waals surface area (Å²) < 4.78 is 5.30. The van der Waals surface area contributed by atoms with Crippen LogP contribution in [0.5, 0.6) is 0 Å². The van der Waals surface area contributed by atoms with Gasteiger partial charge in [-0.15, -0.1) is 11.3 Å². The lowest BCUT2D eigenvalue weighted by Crippen LogP contribution is -2.50. The van der Waals surface area contributed by atoms with Crippen molar-refractivity contribution < 1.29 is 9.53 Å². The van der Waals surface area contributed by atoms with Gasteiger partial charge in [0.1, 0.15) is 16.5 Å². The summed E-state index contributed by atoms with van der Waals surface area (Å²) in [6.07, 6.45) is 3.70. The van der Waals surface area contributed by atoms with E-state index >= 15 is 0 Å².